The van der Waals surface area contributed by atoms with Crippen molar-refractivity contribution in [3.8, 4) is 17.1 Å². The molecule has 0 N–H and O–H groups in total. The Hall–Kier alpha value is -6.08. The maximum absolute atomic E-state index is 16.7. The first-order chi connectivity index (χ1) is 26.2. The first-order valence-electron chi connectivity index (χ1n) is 17.8. The molecule has 3 aromatic heterocycles. The second kappa shape index (κ2) is 12.8. The number of aromatic nitrogens is 3. The normalized spacial score (nSPS) is 13.8. The lowest BCUT2D eigenvalue weighted by atomic mass is 9.98. The Balaban J connectivity index is 1.24. The molecule has 0 radical (unpaired) electrons. The minimum atomic E-state index is -2.79. The van der Waals surface area contributed by atoms with Crippen molar-refractivity contribution in [3.63, 3.8) is 0 Å². The van der Waals surface area contributed by atoms with E-state index in [2.05, 4.69) is 113 Å². The van der Waals surface area contributed by atoms with Crippen LogP contribution < -0.4 is 20.7 Å². The van der Waals surface area contributed by atoms with E-state index in [1.54, 1.807) is 6.20 Å². The number of hydrogen-bond acceptors (Lipinski definition) is 3. The highest BCUT2D eigenvalue weighted by molar-refractivity contribution is 8.00. The topological polar surface area (TPSA) is 30.7 Å². The van der Waals surface area contributed by atoms with Crippen LogP contribution in [-0.2, 0) is 0 Å². The maximum atomic E-state index is 16.7. The summed E-state index contributed by atoms with van der Waals surface area (Å²) in [6, 6.07) is 61.4. The van der Waals surface area contributed by atoms with Gasteiger partial charge < -0.3 is 0 Å². The third-order valence-corrected chi connectivity index (χ3v) is 16.9. The molecule has 1 atom stereocenters. The molecule has 0 aliphatic carbocycles. The summed E-state index contributed by atoms with van der Waals surface area (Å²) in [5.74, 6) is 0.799. The molecular formula is C47H32FN3SSi. The average molecular weight is 718 g/mol. The van der Waals surface area contributed by atoms with Crippen molar-refractivity contribution >= 4 is 62.4 Å². The molecule has 1 unspecified atom stereocenters. The Morgan fingerprint density at radius 2 is 1.19 bits per heavy atom. The van der Waals surface area contributed by atoms with Gasteiger partial charge >= 0.3 is 0 Å². The smallest absolute Gasteiger partial charge is 0.181 e. The lowest BCUT2D eigenvalue weighted by molar-refractivity contribution is 0.402. The third kappa shape index (κ3) is 5.09. The molecule has 1 aliphatic rings. The molecule has 0 saturated carbocycles. The van der Waals surface area contributed by atoms with Crippen LogP contribution in [-0.4, -0.2) is 22.6 Å². The van der Waals surface area contributed by atoms with Gasteiger partial charge in [0.1, 0.15) is 5.82 Å². The fraction of sp³-hybridized carbons (Fsp3) is 0.0213. The fourth-order valence-electron chi connectivity index (χ4n) is 8.20. The van der Waals surface area contributed by atoms with Gasteiger partial charge in [-0.3, -0.25) is 9.55 Å². The largest absolute Gasteiger partial charge is 0.294 e. The Morgan fingerprint density at radius 3 is 1.92 bits per heavy atom. The number of halogens is 1. The molecule has 10 rings (SSSR count). The molecular weight excluding hydrogens is 686 g/mol. The molecule has 0 amide bonds. The number of nitrogens with zero attached hydrogens (tertiary/aromatic N) is 3. The zero-order valence-electron chi connectivity index (χ0n) is 28.6. The average Bonchev–Trinajstić information content (AvgIpc) is 3.55. The SMILES string of the molecule is FC(c1cccc(-c2ccccn2)c1)c1ccc2c3cc4c(cc3n(-c3ccccn3)c2c1)[Si](c1ccccc1)(c1ccccc1)c1ccccc1S4. The van der Waals surface area contributed by atoms with Crippen molar-refractivity contribution in [3.05, 3.63) is 199 Å². The highest BCUT2D eigenvalue weighted by Crippen LogP contribution is 2.40. The predicted octanol–water partition coefficient (Wildman–Crippen LogP) is 9.14. The minimum Gasteiger partial charge on any atom is -0.294 e. The summed E-state index contributed by atoms with van der Waals surface area (Å²) in [5.41, 5.74) is 4.89. The molecule has 3 nitrogen and oxygen atoms in total. The van der Waals surface area contributed by atoms with Crippen LogP contribution in [0, 0.1) is 0 Å². The second-order valence-electron chi connectivity index (χ2n) is 13.4. The maximum Gasteiger partial charge on any atom is 0.181 e. The summed E-state index contributed by atoms with van der Waals surface area (Å²) in [6.45, 7) is 0. The number of benzene rings is 6. The van der Waals surface area contributed by atoms with Crippen molar-refractivity contribution in [2.24, 2.45) is 0 Å². The highest BCUT2D eigenvalue weighted by Gasteiger charge is 2.47. The van der Waals surface area contributed by atoms with Gasteiger partial charge in [0, 0.05) is 38.5 Å². The molecule has 0 saturated heterocycles. The van der Waals surface area contributed by atoms with Crippen LogP contribution in [0.4, 0.5) is 4.39 Å². The number of hydrogen-bond donors (Lipinski definition) is 0. The van der Waals surface area contributed by atoms with Crippen molar-refractivity contribution in [2.75, 3.05) is 0 Å². The van der Waals surface area contributed by atoms with Crippen molar-refractivity contribution in [2.45, 2.75) is 16.0 Å². The quantitative estimate of drug-likeness (QED) is 0.161. The Morgan fingerprint density at radius 1 is 0.509 bits per heavy atom. The number of pyridine rings is 2. The van der Waals surface area contributed by atoms with Crippen molar-refractivity contribution in [1.29, 1.82) is 0 Å². The van der Waals surface area contributed by atoms with E-state index in [4.69, 9.17) is 4.98 Å². The van der Waals surface area contributed by atoms with E-state index in [0.29, 0.717) is 11.1 Å². The summed E-state index contributed by atoms with van der Waals surface area (Å²) >= 11 is 1.85. The Kier molecular flexibility index (Phi) is 7.67. The van der Waals surface area contributed by atoms with Gasteiger partial charge in [-0.05, 0) is 86.5 Å². The van der Waals surface area contributed by atoms with E-state index in [-0.39, 0.29) is 0 Å². The molecule has 252 valence electrons. The molecule has 53 heavy (non-hydrogen) atoms. The van der Waals surface area contributed by atoms with Crippen LogP contribution in [0.1, 0.15) is 17.3 Å². The zero-order valence-corrected chi connectivity index (χ0v) is 30.4. The monoisotopic (exact) mass is 717 g/mol. The van der Waals surface area contributed by atoms with Gasteiger partial charge in [0.05, 0.1) is 16.7 Å². The van der Waals surface area contributed by atoms with Crippen LogP contribution in [0.15, 0.2) is 198 Å². The summed E-state index contributed by atoms with van der Waals surface area (Å²) in [4.78, 5) is 11.9. The Labute approximate surface area is 312 Å². The van der Waals surface area contributed by atoms with Gasteiger partial charge in [-0.15, -0.1) is 0 Å². The fourth-order valence-corrected chi connectivity index (χ4v) is 15.2. The third-order valence-electron chi connectivity index (χ3n) is 10.5. The second-order valence-corrected chi connectivity index (χ2v) is 18.3. The molecule has 4 heterocycles. The summed E-state index contributed by atoms with van der Waals surface area (Å²) in [6.07, 6.45) is 2.27. The van der Waals surface area contributed by atoms with Crippen LogP contribution in [0.25, 0.3) is 38.9 Å². The minimum absolute atomic E-state index is 0.596. The van der Waals surface area contributed by atoms with Gasteiger partial charge in [0.15, 0.2) is 14.2 Å². The van der Waals surface area contributed by atoms with Crippen LogP contribution in [0.2, 0.25) is 0 Å². The van der Waals surface area contributed by atoms with Crippen LogP contribution in [0.3, 0.4) is 0 Å². The van der Waals surface area contributed by atoms with Gasteiger partial charge in [0.2, 0.25) is 0 Å². The van der Waals surface area contributed by atoms with Gasteiger partial charge in [0.25, 0.3) is 0 Å². The van der Waals surface area contributed by atoms with E-state index in [1.807, 2.05) is 90.8 Å². The van der Waals surface area contributed by atoms with Crippen molar-refractivity contribution < 1.29 is 4.39 Å². The summed E-state index contributed by atoms with van der Waals surface area (Å²) in [5, 5.41) is 7.62. The number of rotatable bonds is 6. The number of fused-ring (bicyclic) bond motifs is 5. The molecule has 6 heteroatoms. The first kappa shape index (κ1) is 31.6. The van der Waals surface area contributed by atoms with E-state index in [1.165, 1.54) is 30.5 Å². The molecule has 6 aromatic carbocycles. The van der Waals surface area contributed by atoms with E-state index in [0.717, 1.165) is 38.9 Å². The van der Waals surface area contributed by atoms with Gasteiger partial charge in [-0.2, -0.15) is 0 Å². The lowest BCUT2D eigenvalue weighted by Crippen LogP contribution is -2.76. The predicted molar refractivity (Wildman–Crippen MR) is 219 cm³/mol. The number of alkyl halides is 1. The van der Waals surface area contributed by atoms with Gasteiger partial charge in [-0.25, -0.2) is 9.37 Å². The van der Waals surface area contributed by atoms with Crippen LogP contribution >= 0.6 is 11.8 Å². The zero-order chi connectivity index (χ0) is 35.4. The molecule has 9 aromatic rings. The Bertz CT molecular complexity index is 2730. The van der Waals surface area contributed by atoms with E-state index < -0.39 is 14.2 Å². The molecule has 1 aliphatic heterocycles. The molecule has 0 fully saturated rings. The van der Waals surface area contributed by atoms with Crippen molar-refractivity contribution in [1.82, 2.24) is 14.5 Å². The summed E-state index contributed by atoms with van der Waals surface area (Å²) in [7, 11) is -2.79. The van der Waals surface area contributed by atoms with E-state index >= 15 is 4.39 Å². The standard InChI is InChI=1S/C47H32FN3SSi/c48-47(33-15-13-14-32(28-33)39-20-9-11-26-49-39)34-24-25-37-38-30-43-45(31-41(38)51(40(37)29-34)46-23-10-12-27-50-46)53(35-16-3-1-4-17-35,36-18-5-2-6-19-36)44-22-8-7-21-42(44)52-43/h1-31,47H. The molecule has 0 bridgehead atoms. The van der Waals surface area contributed by atoms with E-state index in [9.17, 15) is 0 Å². The van der Waals surface area contributed by atoms with Crippen LogP contribution in [0.5, 0.6) is 0 Å². The molecule has 0 spiro atoms. The highest BCUT2D eigenvalue weighted by atomic mass is 32.2. The van der Waals surface area contributed by atoms with Gasteiger partial charge in [-0.1, -0.05) is 133 Å². The summed E-state index contributed by atoms with van der Waals surface area (Å²) < 4.78 is 18.9. The lowest BCUT2D eigenvalue weighted by Gasteiger charge is -2.40. The first-order valence-corrected chi connectivity index (χ1v) is 20.6.